The van der Waals surface area contributed by atoms with Crippen LogP contribution in [0.4, 0.5) is 13.2 Å². The normalized spacial score (nSPS) is 18.0. The summed E-state index contributed by atoms with van der Waals surface area (Å²) in [6.45, 7) is 2.68. The van der Waals surface area contributed by atoms with E-state index in [-0.39, 0.29) is 12.6 Å². The lowest BCUT2D eigenvalue weighted by Gasteiger charge is -2.40. The molecule has 0 spiro atoms. The predicted molar refractivity (Wildman–Crippen MR) is 96.0 cm³/mol. The van der Waals surface area contributed by atoms with Crippen LogP contribution in [0.15, 0.2) is 54.6 Å². The fraction of sp³-hybridized carbons (Fsp3) is 0.400. The molecule has 0 bridgehead atoms. The summed E-state index contributed by atoms with van der Waals surface area (Å²) in [5, 5.41) is 18.3. The van der Waals surface area contributed by atoms with E-state index in [9.17, 15) is 13.2 Å². The van der Waals surface area contributed by atoms with Crippen molar-refractivity contribution in [3.8, 4) is 0 Å². The molecule has 2 aromatic carbocycles. The maximum absolute atomic E-state index is 13.2. The highest BCUT2D eigenvalue weighted by atomic mass is 19.4. The highest BCUT2D eigenvalue weighted by Crippen LogP contribution is 2.34. The van der Waals surface area contributed by atoms with Crippen LogP contribution in [0.2, 0.25) is 0 Å². The number of aliphatic hydroxyl groups is 2. The molecule has 2 N–H and O–H groups in total. The van der Waals surface area contributed by atoms with Gasteiger partial charge >= 0.3 is 6.18 Å². The summed E-state index contributed by atoms with van der Waals surface area (Å²) in [5.41, 5.74) is 0.891. The molecule has 1 unspecified atom stereocenters. The van der Waals surface area contributed by atoms with Crippen LogP contribution < -0.4 is 0 Å². The van der Waals surface area contributed by atoms with E-state index < -0.39 is 18.0 Å². The molecular formula is C20H23F3N2O2. The van der Waals surface area contributed by atoms with Crippen LogP contribution in [0.3, 0.4) is 0 Å². The van der Waals surface area contributed by atoms with Crippen LogP contribution in [0.25, 0.3) is 0 Å². The summed E-state index contributed by atoms with van der Waals surface area (Å²) in [5.74, 6) is 0. The van der Waals surface area contributed by atoms with Gasteiger partial charge < -0.3 is 10.2 Å². The quantitative estimate of drug-likeness (QED) is 0.783. The van der Waals surface area contributed by atoms with Gasteiger partial charge in [0.2, 0.25) is 0 Å². The molecule has 0 aliphatic carbocycles. The van der Waals surface area contributed by atoms with Crippen LogP contribution in [0.5, 0.6) is 0 Å². The van der Waals surface area contributed by atoms with Crippen molar-refractivity contribution < 1.29 is 23.4 Å². The van der Waals surface area contributed by atoms with Crippen LogP contribution in [0, 0.1) is 0 Å². The van der Waals surface area contributed by atoms with Gasteiger partial charge in [-0.25, -0.2) is 0 Å². The minimum Gasteiger partial charge on any atom is -0.367 e. The summed E-state index contributed by atoms with van der Waals surface area (Å²) >= 11 is 0. The number of β-amino-alcohol motifs (C(OH)–C–C–N with tert-alkyl or cyclic N) is 2. The van der Waals surface area contributed by atoms with Gasteiger partial charge in [-0.1, -0.05) is 42.5 Å². The number of hydrogen-bond acceptors (Lipinski definition) is 4. The summed E-state index contributed by atoms with van der Waals surface area (Å²) in [6, 6.07) is 14.7. The molecule has 7 heteroatoms. The molecule has 1 atom stereocenters. The standard InChI is InChI=1S/C20H23F3N2O2/c21-20(22,23)17-8-4-7-16(13-17)19(15-5-2-1-3-6-15)25-11-9-24(10-12-25)14-18(26)27/h1-8,13,18-19,26-27H,9-12,14H2. The molecule has 0 amide bonds. The molecule has 4 nitrogen and oxygen atoms in total. The Morgan fingerprint density at radius 2 is 1.48 bits per heavy atom. The number of piperazine rings is 1. The smallest absolute Gasteiger partial charge is 0.367 e. The number of alkyl halides is 3. The van der Waals surface area contributed by atoms with E-state index in [1.807, 2.05) is 35.2 Å². The minimum atomic E-state index is -4.38. The Kier molecular flexibility index (Phi) is 6.16. The second kappa shape index (κ2) is 8.39. The zero-order valence-electron chi connectivity index (χ0n) is 14.8. The third-order valence-corrected chi connectivity index (χ3v) is 4.84. The summed E-state index contributed by atoms with van der Waals surface area (Å²) in [6.07, 6.45) is -5.77. The lowest BCUT2D eigenvalue weighted by atomic mass is 9.95. The monoisotopic (exact) mass is 380 g/mol. The lowest BCUT2D eigenvalue weighted by molar-refractivity contribution is -0.137. The molecule has 27 heavy (non-hydrogen) atoms. The topological polar surface area (TPSA) is 46.9 Å². The molecule has 0 aromatic heterocycles. The van der Waals surface area contributed by atoms with Crippen LogP contribution in [0.1, 0.15) is 22.7 Å². The maximum atomic E-state index is 13.2. The fourth-order valence-corrected chi connectivity index (χ4v) is 3.57. The van der Waals surface area contributed by atoms with E-state index in [1.165, 1.54) is 12.1 Å². The number of benzene rings is 2. The van der Waals surface area contributed by atoms with Gasteiger partial charge in [0.25, 0.3) is 0 Å². The first-order chi connectivity index (χ1) is 12.8. The van der Waals surface area contributed by atoms with E-state index in [0.29, 0.717) is 31.7 Å². The number of aliphatic hydroxyl groups excluding tert-OH is 1. The van der Waals surface area contributed by atoms with E-state index >= 15 is 0 Å². The summed E-state index contributed by atoms with van der Waals surface area (Å²) in [7, 11) is 0. The van der Waals surface area contributed by atoms with Gasteiger partial charge in [0.1, 0.15) is 0 Å². The fourth-order valence-electron chi connectivity index (χ4n) is 3.57. The second-order valence-corrected chi connectivity index (χ2v) is 6.75. The Balaban J connectivity index is 1.88. The Morgan fingerprint density at radius 3 is 2.07 bits per heavy atom. The van der Waals surface area contributed by atoms with Gasteiger partial charge in [0.05, 0.1) is 11.6 Å². The molecular weight excluding hydrogens is 357 g/mol. The molecule has 2 aromatic rings. The van der Waals surface area contributed by atoms with Crippen molar-refractivity contribution in [2.24, 2.45) is 0 Å². The summed E-state index contributed by atoms with van der Waals surface area (Å²) in [4.78, 5) is 4.08. The Hall–Kier alpha value is -1.93. The molecule has 146 valence electrons. The highest BCUT2D eigenvalue weighted by molar-refractivity contribution is 5.35. The first-order valence-electron chi connectivity index (χ1n) is 8.89. The number of hydrogen-bond donors (Lipinski definition) is 2. The molecule has 1 aliphatic heterocycles. The van der Waals surface area contributed by atoms with E-state index in [2.05, 4.69) is 4.90 Å². The SMILES string of the molecule is OC(O)CN1CCN(C(c2ccccc2)c2cccc(C(F)(F)F)c2)CC1. The van der Waals surface area contributed by atoms with Gasteiger partial charge in [-0.05, 0) is 23.3 Å². The Morgan fingerprint density at radius 1 is 0.852 bits per heavy atom. The van der Waals surface area contributed by atoms with Crippen molar-refractivity contribution in [1.29, 1.82) is 0 Å². The van der Waals surface area contributed by atoms with Gasteiger partial charge in [-0.3, -0.25) is 9.80 Å². The van der Waals surface area contributed by atoms with Crippen molar-refractivity contribution in [3.63, 3.8) is 0 Å². The molecule has 0 radical (unpaired) electrons. The zero-order chi connectivity index (χ0) is 19.4. The van der Waals surface area contributed by atoms with Crippen LogP contribution in [-0.4, -0.2) is 59.0 Å². The van der Waals surface area contributed by atoms with E-state index in [1.54, 1.807) is 6.07 Å². The summed E-state index contributed by atoms with van der Waals surface area (Å²) < 4.78 is 39.5. The average Bonchev–Trinajstić information content (AvgIpc) is 2.63. The van der Waals surface area contributed by atoms with Gasteiger partial charge in [-0.15, -0.1) is 0 Å². The van der Waals surface area contributed by atoms with Gasteiger partial charge in [0, 0.05) is 32.7 Å². The number of nitrogens with zero attached hydrogens (tertiary/aromatic N) is 2. The van der Waals surface area contributed by atoms with Crippen molar-refractivity contribution in [2.75, 3.05) is 32.7 Å². The number of rotatable bonds is 5. The average molecular weight is 380 g/mol. The van der Waals surface area contributed by atoms with Crippen molar-refractivity contribution in [2.45, 2.75) is 18.5 Å². The van der Waals surface area contributed by atoms with Crippen molar-refractivity contribution >= 4 is 0 Å². The Labute approximate surface area is 156 Å². The first-order valence-corrected chi connectivity index (χ1v) is 8.89. The van der Waals surface area contributed by atoms with Crippen LogP contribution >= 0.6 is 0 Å². The highest BCUT2D eigenvalue weighted by Gasteiger charge is 2.32. The molecule has 0 saturated carbocycles. The number of halogens is 3. The van der Waals surface area contributed by atoms with Crippen molar-refractivity contribution in [1.82, 2.24) is 9.80 Å². The van der Waals surface area contributed by atoms with Gasteiger partial charge in [0.15, 0.2) is 6.29 Å². The molecule has 1 aliphatic rings. The lowest BCUT2D eigenvalue weighted by Crippen LogP contribution is -2.49. The zero-order valence-corrected chi connectivity index (χ0v) is 14.8. The van der Waals surface area contributed by atoms with Gasteiger partial charge in [-0.2, -0.15) is 13.2 Å². The molecule has 3 rings (SSSR count). The first kappa shape index (κ1) is 19.8. The Bertz CT molecular complexity index is 730. The van der Waals surface area contributed by atoms with E-state index in [0.717, 1.165) is 11.6 Å². The molecule has 1 saturated heterocycles. The van der Waals surface area contributed by atoms with E-state index in [4.69, 9.17) is 10.2 Å². The molecule has 1 heterocycles. The largest absolute Gasteiger partial charge is 0.416 e. The maximum Gasteiger partial charge on any atom is 0.416 e. The third kappa shape index (κ3) is 5.07. The third-order valence-electron chi connectivity index (χ3n) is 4.84. The van der Waals surface area contributed by atoms with Crippen LogP contribution in [-0.2, 0) is 6.18 Å². The van der Waals surface area contributed by atoms with Crippen molar-refractivity contribution in [3.05, 3.63) is 71.3 Å². The second-order valence-electron chi connectivity index (χ2n) is 6.75. The minimum absolute atomic E-state index is 0.174. The molecule has 1 fully saturated rings. The predicted octanol–water partition coefficient (Wildman–Crippen LogP) is 2.72.